The van der Waals surface area contributed by atoms with Crippen LogP contribution in [0.25, 0.3) is 0 Å². The van der Waals surface area contributed by atoms with E-state index in [9.17, 15) is 0 Å². The first-order valence-corrected chi connectivity index (χ1v) is 7.64. The molecule has 1 saturated heterocycles. The minimum Gasteiger partial charge on any atom is -0.383 e. The lowest BCUT2D eigenvalue weighted by Gasteiger charge is -2.30. The molecule has 1 aliphatic rings. The number of ether oxygens (including phenoxy) is 2. The molecular formula is C15H28N4O2. The lowest BCUT2D eigenvalue weighted by Crippen LogP contribution is -2.42. The Balaban J connectivity index is 1.94. The van der Waals surface area contributed by atoms with Crippen molar-refractivity contribution in [3.05, 3.63) is 17.0 Å². The van der Waals surface area contributed by atoms with E-state index in [1.165, 1.54) is 11.3 Å². The summed E-state index contributed by atoms with van der Waals surface area (Å²) in [5.41, 5.74) is 3.62. The molecule has 1 aromatic rings. The maximum Gasteiger partial charge on any atom is 0.0898 e. The van der Waals surface area contributed by atoms with Gasteiger partial charge in [-0.25, -0.2) is 0 Å². The molecule has 0 aromatic carbocycles. The number of likely N-dealkylation sites (N-methyl/N-ethyl adjacent to an activating group) is 1. The van der Waals surface area contributed by atoms with Crippen LogP contribution in [-0.2, 0) is 22.6 Å². The van der Waals surface area contributed by atoms with Crippen LogP contribution in [0, 0.1) is 13.8 Å². The van der Waals surface area contributed by atoms with E-state index in [4.69, 9.17) is 9.47 Å². The molecule has 1 atom stereocenters. The highest BCUT2D eigenvalue weighted by molar-refractivity contribution is 5.24. The molecule has 6 nitrogen and oxygen atoms in total. The number of aryl methyl sites for hydroxylation is 1. The van der Waals surface area contributed by atoms with Crippen molar-refractivity contribution < 1.29 is 9.47 Å². The van der Waals surface area contributed by atoms with Crippen LogP contribution in [0.3, 0.4) is 0 Å². The smallest absolute Gasteiger partial charge is 0.0898 e. The van der Waals surface area contributed by atoms with E-state index in [2.05, 4.69) is 40.9 Å². The van der Waals surface area contributed by atoms with E-state index in [1.807, 2.05) is 0 Å². The Morgan fingerprint density at radius 3 is 2.95 bits per heavy atom. The van der Waals surface area contributed by atoms with Gasteiger partial charge in [-0.05, 0) is 20.9 Å². The van der Waals surface area contributed by atoms with Crippen molar-refractivity contribution in [1.29, 1.82) is 0 Å². The lowest BCUT2D eigenvalue weighted by atomic mass is 10.2. The number of nitrogens with one attached hydrogen (secondary N) is 1. The normalized spacial score (nSPS) is 20.1. The summed E-state index contributed by atoms with van der Waals surface area (Å²) in [4.78, 5) is 2.31. The van der Waals surface area contributed by atoms with Crippen molar-refractivity contribution in [1.82, 2.24) is 20.0 Å². The van der Waals surface area contributed by atoms with Gasteiger partial charge in [0.1, 0.15) is 0 Å². The summed E-state index contributed by atoms with van der Waals surface area (Å²) in [6.07, 6.45) is 0.232. The van der Waals surface area contributed by atoms with E-state index >= 15 is 0 Å². The maximum absolute atomic E-state index is 5.83. The fraction of sp³-hybridized carbons (Fsp3) is 0.800. The Hall–Kier alpha value is -0.950. The molecule has 21 heavy (non-hydrogen) atoms. The molecule has 1 unspecified atom stereocenters. The third-order valence-corrected chi connectivity index (χ3v) is 4.03. The number of aromatic nitrogens is 2. The molecule has 2 heterocycles. The molecular weight excluding hydrogens is 268 g/mol. The van der Waals surface area contributed by atoms with Gasteiger partial charge in [-0.1, -0.05) is 0 Å². The van der Waals surface area contributed by atoms with Crippen molar-refractivity contribution in [2.45, 2.75) is 33.0 Å². The number of nitrogens with zero attached hydrogens (tertiary/aromatic N) is 3. The Morgan fingerprint density at radius 2 is 2.24 bits per heavy atom. The van der Waals surface area contributed by atoms with Gasteiger partial charge in [-0.15, -0.1) is 0 Å². The van der Waals surface area contributed by atoms with E-state index in [-0.39, 0.29) is 6.10 Å². The van der Waals surface area contributed by atoms with Gasteiger partial charge in [0.25, 0.3) is 0 Å². The monoisotopic (exact) mass is 296 g/mol. The van der Waals surface area contributed by atoms with Crippen molar-refractivity contribution in [2.75, 3.05) is 47.0 Å². The fourth-order valence-corrected chi connectivity index (χ4v) is 2.73. The van der Waals surface area contributed by atoms with Crippen molar-refractivity contribution in [3.8, 4) is 0 Å². The average molecular weight is 296 g/mol. The second kappa shape index (κ2) is 7.89. The van der Waals surface area contributed by atoms with E-state index in [0.717, 1.165) is 51.6 Å². The Kier molecular flexibility index (Phi) is 6.17. The van der Waals surface area contributed by atoms with Gasteiger partial charge < -0.3 is 19.7 Å². The molecule has 2 rings (SSSR count). The van der Waals surface area contributed by atoms with Crippen molar-refractivity contribution in [2.24, 2.45) is 0 Å². The highest BCUT2D eigenvalue weighted by Gasteiger charge is 2.20. The molecule has 0 amide bonds. The molecule has 1 N–H and O–H groups in total. The van der Waals surface area contributed by atoms with Crippen LogP contribution in [0.2, 0.25) is 0 Å². The van der Waals surface area contributed by atoms with Gasteiger partial charge in [-0.3, -0.25) is 4.68 Å². The van der Waals surface area contributed by atoms with Crippen LogP contribution < -0.4 is 5.32 Å². The topological polar surface area (TPSA) is 51.5 Å². The van der Waals surface area contributed by atoms with Crippen LogP contribution in [-0.4, -0.2) is 67.8 Å². The van der Waals surface area contributed by atoms with Crippen LogP contribution in [0.1, 0.15) is 17.0 Å². The molecule has 1 aromatic heterocycles. The number of methoxy groups -OCH3 is 1. The summed E-state index contributed by atoms with van der Waals surface area (Å²) in [5.74, 6) is 0. The molecule has 0 spiro atoms. The first-order valence-electron chi connectivity index (χ1n) is 7.64. The standard InChI is InChI=1S/C15H28N4O2/c1-12-15(9-16-5-7-20-4)13(2)19(17-12)11-14-10-18(3)6-8-21-14/h14,16H,5-11H2,1-4H3. The SMILES string of the molecule is COCCNCc1c(C)nn(CC2CN(C)CCO2)c1C. The third-order valence-electron chi connectivity index (χ3n) is 4.03. The third kappa shape index (κ3) is 4.51. The average Bonchev–Trinajstić information content (AvgIpc) is 2.70. The predicted octanol–water partition coefficient (Wildman–Crippen LogP) is 0.567. The van der Waals surface area contributed by atoms with E-state index in [0.29, 0.717) is 0 Å². The molecule has 1 aliphatic heterocycles. The van der Waals surface area contributed by atoms with Gasteiger partial charge in [0.2, 0.25) is 0 Å². The Labute approximate surface area is 127 Å². The van der Waals surface area contributed by atoms with E-state index in [1.54, 1.807) is 7.11 Å². The number of hydrogen-bond donors (Lipinski definition) is 1. The highest BCUT2D eigenvalue weighted by atomic mass is 16.5. The summed E-state index contributed by atoms with van der Waals surface area (Å²) >= 11 is 0. The van der Waals surface area contributed by atoms with Crippen molar-refractivity contribution in [3.63, 3.8) is 0 Å². The van der Waals surface area contributed by atoms with Gasteiger partial charge in [0.05, 0.1) is 31.6 Å². The number of rotatable bonds is 7. The zero-order valence-corrected chi connectivity index (χ0v) is 13.7. The van der Waals surface area contributed by atoms with Gasteiger partial charge in [0.15, 0.2) is 0 Å². The molecule has 1 fully saturated rings. The van der Waals surface area contributed by atoms with Crippen LogP contribution >= 0.6 is 0 Å². The second-order valence-electron chi connectivity index (χ2n) is 5.76. The lowest BCUT2D eigenvalue weighted by molar-refractivity contribution is -0.0293. The van der Waals surface area contributed by atoms with Crippen LogP contribution in [0.15, 0.2) is 0 Å². The van der Waals surface area contributed by atoms with Crippen LogP contribution in [0.4, 0.5) is 0 Å². The molecule has 0 radical (unpaired) electrons. The van der Waals surface area contributed by atoms with Gasteiger partial charge >= 0.3 is 0 Å². The minimum absolute atomic E-state index is 0.232. The molecule has 0 bridgehead atoms. The summed E-state index contributed by atoms with van der Waals surface area (Å²) in [7, 11) is 3.86. The molecule has 6 heteroatoms. The highest BCUT2D eigenvalue weighted by Crippen LogP contribution is 2.15. The Morgan fingerprint density at radius 1 is 1.43 bits per heavy atom. The predicted molar refractivity (Wildman–Crippen MR) is 82.5 cm³/mol. The van der Waals surface area contributed by atoms with Crippen LogP contribution in [0.5, 0.6) is 0 Å². The van der Waals surface area contributed by atoms with Gasteiger partial charge in [0, 0.05) is 44.5 Å². The first-order chi connectivity index (χ1) is 10.1. The summed E-state index contributed by atoms with van der Waals surface area (Å²) < 4.78 is 13.0. The van der Waals surface area contributed by atoms with Crippen molar-refractivity contribution >= 4 is 0 Å². The molecule has 0 aliphatic carbocycles. The summed E-state index contributed by atoms with van der Waals surface area (Å²) in [5, 5.41) is 8.07. The molecule has 120 valence electrons. The van der Waals surface area contributed by atoms with E-state index < -0.39 is 0 Å². The number of hydrogen-bond acceptors (Lipinski definition) is 5. The van der Waals surface area contributed by atoms with Gasteiger partial charge in [-0.2, -0.15) is 5.10 Å². The second-order valence-corrected chi connectivity index (χ2v) is 5.76. The zero-order chi connectivity index (χ0) is 15.2. The molecule has 0 saturated carbocycles. The minimum atomic E-state index is 0.232. The summed E-state index contributed by atoms with van der Waals surface area (Å²) in [6.45, 7) is 10.3. The zero-order valence-electron chi connectivity index (χ0n) is 13.7. The quantitative estimate of drug-likeness (QED) is 0.746. The maximum atomic E-state index is 5.83. The Bertz CT molecular complexity index is 447. The first kappa shape index (κ1) is 16.4. The summed E-state index contributed by atoms with van der Waals surface area (Å²) in [6, 6.07) is 0. The number of morpholine rings is 1. The fourth-order valence-electron chi connectivity index (χ4n) is 2.73. The largest absolute Gasteiger partial charge is 0.383 e.